The van der Waals surface area contributed by atoms with E-state index in [1.165, 1.54) is 18.3 Å². The molecule has 6 rings (SSSR count). The minimum absolute atomic E-state index is 0.00827. The third-order valence-corrected chi connectivity index (χ3v) is 6.63. The molecule has 5 aromatic rings. The Labute approximate surface area is 205 Å². The summed E-state index contributed by atoms with van der Waals surface area (Å²) in [6, 6.07) is 17.3. The van der Waals surface area contributed by atoms with Gasteiger partial charge in [-0.2, -0.15) is 0 Å². The van der Waals surface area contributed by atoms with Crippen molar-refractivity contribution in [3.8, 4) is 5.75 Å². The standard InChI is InChI=1S/C28H22N2O6/c1-29-15-19(18-9-3-4-10-20(18)29)24-23(26(32)28(33)30(24)14-17-8-6-12-35-17)25(31)22-13-16-7-5-11-21(34-2)27(16)36-22/h3-13,15,24,32H,14H2,1-2H3. The molecule has 4 heterocycles. The highest BCUT2D eigenvalue weighted by molar-refractivity contribution is 6.16. The monoisotopic (exact) mass is 482 g/mol. The number of hydrogen-bond donors (Lipinski definition) is 1. The number of ketones is 1. The third-order valence-electron chi connectivity index (χ3n) is 6.63. The number of carbonyl (C=O) groups is 2. The maximum absolute atomic E-state index is 13.9. The Balaban J connectivity index is 1.52. The van der Waals surface area contributed by atoms with E-state index >= 15 is 0 Å². The van der Waals surface area contributed by atoms with Crippen LogP contribution in [0.4, 0.5) is 0 Å². The summed E-state index contributed by atoms with van der Waals surface area (Å²) in [5.41, 5.74) is 2.03. The number of fused-ring (bicyclic) bond motifs is 2. The first-order valence-electron chi connectivity index (χ1n) is 11.4. The zero-order valence-corrected chi connectivity index (χ0v) is 19.6. The first-order chi connectivity index (χ1) is 17.5. The number of aryl methyl sites for hydroxylation is 1. The Morgan fingerprint density at radius 3 is 2.72 bits per heavy atom. The van der Waals surface area contributed by atoms with Gasteiger partial charge in [-0.1, -0.05) is 30.3 Å². The van der Waals surface area contributed by atoms with Gasteiger partial charge in [0.2, 0.25) is 5.78 Å². The molecule has 0 aliphatic carbocycles. The zero-order chi connectivity index (χ0) is 25.0. The maximum atomic E-state index is 13.9. The predicted molar refractivity (Wildman–Crippen MR) is 132 cm³/mol. The van der Waals surface area contributed by atoms with Gasteiger partial charge in [-0.05, 0) is 30.3 Å². The fourth-order valence-electron chi connectivity index (χ4n) is 4.98. The Kier molecular flexibility index (Phi) is 4.96. The molecule has 36 heavy (non-hydrogen) atoms. The molecule has 1 aliphatic heterocycles. The number of carbonyl (C=O) groups excluding carboxylic acids is 2. The first kappa shape index (κ1) is 21.8. The molecule has 1 aliphatic rings. The van der Waals surface area contributed by atoms with Gasteiger partial charge in [-0.15, -0.1) is 0 Å². The van der Waals surface area contributed by atoms with Crippen LogP contribution < -0.4 is 4.74 Å². The van der Waals surface area contributed by atoms with Crippen molar-refractivity contribution in [2.45, 2.75) is 12.6 Å². The van der Waals surface area contributed by atoms with Gasteiger partial charge >= 0.3 is 0 Å². The number of methoxy groups -OCH3 is 1. The average molecular weight is 482 g/mol. The molecule has 0 fully saturated rings. The van der Waals surface area contributed by atoms with E-state index in [0.29, 0.717) is 28.0 Å². The van der Waals surface area contributed by atoms with Gasteiger partial charge in [0.05, 0.1) is 31.5 Å². The van der Waals surface area contributed by atoms with Crippen LogP contribution in [0.5, 0.6) is 5.75 Å². The number of aromatic nitrogens is 1. The van der Waals surface area contributed by atoms with Gasteiger partial charge in [0, 0.05) is 35.1 Å². The van der Waals surface area contributed by atoms with Crippen LogP contribution in [0.25, 0.3) is 21.9 Å². The zero-order valence-electron chi connectivity index (χ0n) is 19.6. The number of para-hydroxylation sites is 2. The fourth-order valence-corrected chi connectivity index (χ4v) is 4.98. The lowest BCUT2D eigenvalue weighted by Crippen LogP contribution is -2.30. The predicted octanol–water partition coefficient (Wildman–Crippen LogP) is 5.30. The van der Waals surface area contributed by atoms with Gasteiger partial charge in [0.25, 0.3) is 5.91 Å². The van der Waals surface area contributed by atoms with E-state index in [2.05, 4.69) is 0 Å². The summed E-state index contributed by atoms with van der Waals surface area (Å²) in [4.78, 5) is 28.7. The minimum atomic E-state index is -0.851. The Morgan fingerprint density at radius 2 is 1.94 bits per heavy atom. The lowest BCUT2D eigenvalue weighted by Gasteiger charge is -2.25. The van der Waals surface area contributed by atoms with Crippen molar-refractivity contribution in [3.63, 3.8) is 0 Å². The Morgan fingerprint density at radius 1 is 1.11 bits per heavy atom. The molecule has 3 aromatic heterocycles. The molecule has 1 amide bonds. The average Bonchev–Trinajstić information content (AvgIpc) is 3.67. The third kappa shape index (κ3) is 3.22. The summed E-state index contributed by atoms with van der Waals surface area (Å²) < 4.78 is 18.7. The highest BCUT2D eigenvalue weighted by Gasteiger charge is 2.46. The number of nitrogens with zero attached hydrogens (tertiary/aromatic N) is 2. The van der Waals surface area contributed by atoms with E-state index < -0.39 is 23.5 Å². The number of benzene rings is 2. The van der Waals surface area contributed by atoms with Crippen molar-refractivity contribution in [1.82, 2.24) is 9.47 Å². The van der Waals surface area contributed by atoms with Crippen molar-refractivity contribution in [1.29, 1.82) is 0 Å². The molecule has 0 saturated heterocycles. The van der Waals surface area contributed by atoms with Gasteiger partial charge in [-0.25, -0.2) is 0 Å². The van der Waals surface area contributed by atoms with Crippen molar-refractivity contribution < 1.29 is 28.3 Å². The Bertz CT molecular complexity index is 1670. The van der Waals surface area contributed by atoms with E-state index in [4.69, 9.17) is 13.6 Å². The second-order valence-corrected chi connectivity index (χ2v) is 8.71. The molecule has 0 spiro atoms. The van der Waals surface area contributed by atoms with E-state index in [9.17, 15) is 14.7 Å². The van der Waals surface area contributed by atoms with Crippen molar-refractivity contribution in [3.05, 3.63) is 102 Å². The highest BCUT2D eigenvalue weighted by Crippen LogP contribution is 2.43. The van der Waals surface area contributed by atoms with Crippen LogP contribution in [0.15, 0.2) is 93.3 Å². The minimum Gasteiger partial charge on any atom is -0.503 e. The molecule has 0 radical (unpaired) electrons. The summed E-state index contributed by atoms with van der Waals surface area (Å²) in [5.74, 6) is -0.799. The summed E-state index contributed by atoms with van der Waals surface area (Å²) in [6.07, 6.45) is 3.40. The lowest BCUT2D eigenvalue weighted by molar-refractivity contribution is -0.130. The van der Waals surface area contributed by atoms with E-state index in [-0.39, 0.29) is 17.9 Å². The lowest BCUT2D eigenvalue weighted by atomic mass is 9.94. The number of hydrogen-bond acceptors (Lipinski definition) is 6. The molecule has 8 heteroatoms. The molecule has 1 unspecified atom stereocenters. The van der Waals surface area contributed by atoms with E-state index in [0.717, 1.165) is 10.9 Å². The van der Waals surface area contributed by atoms with Crippen LogP contribution in [0.1, 0.15) is 27.9 Å². The number of aliphatic hydroxyl groups is 1. The summed E-state index contributed by atoms with van der Waals surface area (Å²) in [5, 5.41) is 12.6. The summed E-state index contributed by atoms with van der Waals surface area (Å²) in [7, 11) is 3.42. The molecule has 8 nitrogen and oxygen atoms in total. The Hall–Kier alpha value is -4.72. The number of Topliss-reactive ketones (excluding diaryl/α,β-unsaturated/α-hetero) is 1. The van der Waals surface area contributed by atoms with Crippen LogP contribution >= 0.6 is 0 Å². The molecule has 1 N–H and O–H groups in total. The smallest absolute Gasteiger partial charge is 0.290 e. The van der Waals surface area contributed by atoms with Crippen LogP contribution in [0.2, 0.25) is 0 Å². The SMILES string of the molecule is COc1cccc2cc(C(=O)C3=C(O)C(=O)N(Cc4ccco4)C3c3cn(C)c4ccccc34)oc12. The quantitative estimate of drug-likeness (QED) is 0.330. The molecule has 0 saturated carbocycles. The maximum Gasteiger partial charge on any atom is 0.290 e. The number of rotatable bonds is 6. The molecule has 2 aromatic carbocycles. The number of aliphatic hydroxyl groups excluding tert-OH is 1. The van der Waals surface area contributed by atoms with Crippen molar-refractivity contribution in [2.24, 2.45) is 7.05 Å². The number of ether oxygens (including phenoxy) is 1. The second-order valence-electron chi connectivity index (χ2n) is 8.71. The van der Waals surface area contributed by atoms with Gasteiger partial charge in [0.1, 0.15) is 5.76 Å². The van der Waals surface area contributed by atoms with Gasteiger partial charge in [-0.3, -0.25) is 9.59 Å². The summed E-state index contributed by atoms with van der Waals surface area (Å²) in [6.45, 7) is 0.0779. The number of amides is 1. The summed E-state index contributed by atoms with van der Waals surface area (Å²) >= 11 is 0. The second kappa shape index (κ2) is 8.20. The van der Waals surface area contributed by atoms with Crippen molar-refractivity contribution >= 4 is 33.6 Å². The topological polar surface area (TPSA) is 98.0 Å². The van der Waals surface area contributed by atoms with Crippen LogP contribution in [0.3, 0.4) is 0 Å². The normalized spacial score (nSPS) is 16.0. The van der Waals surface area contributed by atoms with E-state index in [1.807, 2.05) is 42.1 Å². The molecule has 0 bridgehead atoms. The highest BCUT2D eigenvalue weighted by atomic mass is 16.5. The molecular weight excluding hydrogens is 460 g/mol. The van der Waals surface area contributed by atoms with Gasteiger partial charge < -0.3 is 28.1 Å². The molecule has 1 atom stereocenters. The molecular formula is C28H22N2O6. The fraction of sp³-hybridized carbons (Fsp3) is 0.143. The van der Waals surface area contributed by atoms with Crippen LogP contribution in [-0.4, -0.2) is 33.4 Å². The largest absolute Gasteiger partial charge is 0.503 e. The number of furan rings is 2. The first-order valence-corrected chi connectivity index (χ1v) is 11.4. The van der Waals surface area contributed by atoms with Crippen LogP contribution in [-0.2, 0) is 18.4 Å². The van der Waals surface area contributed by atoms with Crippen LogP contribution in [0, 0.1) is 0 Å². The van der Waals surface area contributed by atoms with Crippen molar-refractivity contribution in [2.75, 3.05) is 7.11 Å². The van der Waals surface area contributed by atoms with Gasteiger partial charge in [0.15, 0.2) is 22.9 Å². The molecule has 180 valence electrons. The van der Waals surface area contributed by atoms with E-state index in [1.54, 1.807) is 36.4 Å².